The number of methoxy groups -OCH3 is 3. The Morgan fingerprint density at radius 3 is 2.35 bits per heavy atom. The van der Waals surface area contributed by atoms with Gasteiger partial charge in [0.15, 0.2) is 17.1 Å². The molecule has 0 unspecified atom stereocenters. The van der Waals surface area contributed by atoms with Gasteiger partial charge in [-0.25, -0.2) is 4.79 Å². The summed E-state index contributed by atoms with van der Waals surface area (Å²) in [5.41, 5.74) is 1.28. The molecule has 0 aliphatic carbocycles. The first kappa shape index (κ1) is 20.3. The second kappa shape index (κ2) is 8.06. The summed E-state index contributed by atoms with van der Waals surface area (Å²) < 4.78 is 27.6. The van der Waals surface area contributed by atoms with Crippen molar-refractivity contribution in [2.24, 2.45) is 0 Å². The normalized spacial score (nSPS) is 11.0. The molecule has 2 heterocycles. The van der Waals surface area contributed by atoms with Crippen LogP contribution in [0.4, 0.5) is 0 Å². The molecular weight excluding hydrogens is 402 g/mol. The van der Waals surface area contributed by atoms with Crippen LogP contribution in [-0.2, 0) is 4.74 Å². The van der Waals surface area contributed by atoms with Gasteiger partial charge < -0.3 is 28.3 Å². The second-order valence-electron chi connectivity index (χ2n) is 6.63. The number of carbonyl (C=O) groups excluding carboxylic acids is 1. The van der Waals surface area contributed by atoms with Gasteiger partial charge in [0.25, 0.3) is 5.56 Å². The Hall–Kier alpha value is -3.94. The molecule has 2 aromatic heterocycles. The molecule has 0 saturated heterocycles. The van der Waals surface area contributed by atoms with Crippen molar-refractivity contribution in [1.29, 1.82) is 0 Å². The minimum Gasteiger partial charge on any atom is -0.496 e. The second-order valence-corrected chi connectivity index (χ2v) is 6.63. The molecule has 8 nitrogen and oxygen atoms in total. The van der Waals surface area contributed by atoms with Gasteiger partial charge in [-0.05, 0) is 25.1 Å². The van der Waals surface area contributed by atoms with Gasteiger partial charge in [0.1, 0.15) is 16.9 Å². The van der Waals surface area contributed by atoms with Gasteiger partial charge in [-0.2, -0.15) is 0 Å². The third kappa shape index (κ3) is 3.26. The van der Waals surface area contributed by atoms with E-state index in [1.807, 2.05) is 18.2 Å². The molecule has 8 heteroatoms. The fourth-order valence-electron chi connectivity index (χ4n) is 3.63. The van der Waals surface area contributed by atoms with Crippen LogP contribution in [0.3, 0.4) is 0 Å². The summed E-state index contributed by atoms with van der Waals surface area (Å²) >= 11 is 0. The number of ether oxygens (including phenoxy) is 4. The molecule has 0 radical (unpaired) electrons. The zero-order chi connectivity index (χ0) is 22.1. The Kier molecular flexibility index (Phi) is 5.29. The van der Waals surface area contributed by atoms with Crippen molar-refractivity contribution in [2.75, 3.05) is 27.9 Å². The van der Waals surface area contributed by atoms with Gasteiger partial charge in [-0.1, -0.05) is 12.1 Å². The number of benzene rings is 2. The number of furan rings is 1. The molecule has 4 aromatic rings. The maximum Gasteiger partial charge on any atom is 0.344 e. The van der Waals surface area contributed by atoms with E-state index in [-0.39, 0.29) is 17.7 Å². The molecule has 0 aliphatic heterocycles. The van der Waals surface area contributed by atoms with Crippen LogP contribution >= 0.6 is 0 Å². The Morgan fingerprint density at radius 2 is 1.68 bits per heavy atom. The molecule has 31 heavy (non-hydrogen) atoms. The van der Waals surface area contributed by atoms with Gasteiger partial charge in [0.05, 0.1) is 39.0 Å². The van der Waals surface area contributed by atoms with Crippen molar-refractivity contribution in [1.82, 2.24) is 4.98 Å². The first-order valence-electron chi connectivity index (χ1n) is 9.59. The zero-order valence-electron chi connectivity index (χ0n) is 17.5. The molecular formula is C23H21NO7. The van der Waals surface area contributed by atoms with Crippen LogP contribution < -0.4 is 19.8 Å². The van der Waals surface area contributed by atoms with E-state index >= 15 is 0 Å². The van der Waals surface area contributed by atoms with Gasteiger partial charge >= 0.3 is 5.97 Å². The van der Waals surface area contributed by atoms with Crippen molar-refractivity contribution in [3.8, 4) is 28.4 Å². The van der Waals surface area contributed by atoms with E-state index in [0.717, 1.165) is 0 Å². The quantitative estimate of drug-likeness (QED) is 0.465. The molecule has 0 aliphatic rings. The highest BCUT2D eigenvalue weighted by molar-refractivity contribution is 6.12. The van der Waals surface area contributed by atoms with Crippen molar-refractivity contribution >= 4 is 28.0 Å². The third-order valence-electron chi connectivity index (χ3n) is 4.99. The van der Waals surface area contributed by atoms with E-state index in [9.17, 15) is 9.59 Å². The van der Waals surface area contributed by atoms with Gasteiger partial charge in [-0.3, -0.25) is 4.79 Å². The smallest absolute Gasteiger partial charge is 0.344 e. The molecule has 0 amide bonds. The fourth-order valence-corrected chi connectivity index (χ4v) is 3.63. The Morgan fingerprint density at radius 1 is 1.00 bits per heavy atom. The SMILES string of the molecule is CCOC(=O)c1c(-c2cc(OC)c(OC)cc2OC)c2oc3ccccc3c2[nH]c1=O. The number of fused-ring (bicyclic) bond motifs is 3. The van der Waals surface area contributed by atoms with Gasteiger partial charge in [0.2, 0.25) is 0 Å². The average Bonchev–Trinajstić information content (AvgIpc) is 3.15. The largest absolute Gasteiger partial charge is 0.496 e. The van der Waals surface area contributed by atoms with E-state index in [1.165, 1.54) is 21.3 Å². The molecule has 0 spiro atoms. The lowest BCUT2D eigenvalue weighted by atomic mass is 9.98. The minimum absolute atomic E-state index is 0.110. The molecule has 0 atom stereocenters. The number of para-hydroxylation sites is 1. The van der Waals surface area contributed by atoms with Gasteiger partial charge in [0, 0.05) is 17.0 Å². The van der Waals surface area contributed by atoms with E-state index in [0.29, 0.717) is 44.9 Å². The number of esters is 1. The number of carbonyl (C=O) groups is 1. The standard InChI is InChI=1S/C23H21NO7/c1-5-30-23(26)19-18(13-10-16(28-3)17(29-4)11-15(13)27-2)21-20(24-22(19)25)12-8-6-7-9-14(12)31-21/h6-11H,5H2,1-4H3,(H,24,25). The summed E-state index contributed by atoms with van der Waals surface area (Å²) in [6, 6.07) is 10.5. The lowest BCUT2D eigenvalue weighted by molar-refractivity contribution is 0.0525. The number of rotatable bonds is 6. The van der Waals surface area contributed by atoms with E-state index in [1.54, 1.807) is 25.1 Å². The number of hydrogen-bond donors (Lipinski definition) is 1. The molecule has 160 valence electrons. The topological polar surface area (TPSA) is 100.0 Å². The van der Waals surface area contributed by atoms with Crippen LogP contribution in [0.5, 0.6) is 17.2 Å². The number of nitrogens with one attached hydrogen (secondary N) is 1. The molecule has 0 bridgehead atoms. The molecule has 0 fully saturated rings. The molecule has 4 rings (SSSR count). The zero-order valence-corrected chi connectivity index (χ0v) is 17.5. The van der Waals surface area contributed by atoms with Crippen molar-refractivity contribution in [2.45, 2.75) is 6.92 Å². The Balaban J connectivity index is 2.19. The van der Waals surface area contributed by atoms with Crippen LogP contribution in [0.1, 0.15) is 17.3 Å². The van der Waals surface area contributed by atoms with Crippen LogP contribution in [0.25, 0.3) is 33.2 Å². The van der Waals surface area contributed by atoms with E-state index in [4.69, 9.17) is 23.4 Å². The lowest BCUT2D eigenvalue weighted by Crippen LogP contribution is -2.21. The van der Waals surface area contributed by atoms with Crippen LogP contribution in [-0.4, -0.2) is 38.9 Å². The number of H-pyrrole nitrogens is 1. The lowest BCUT2D eigenvalue weighted by Gasteiger charge is -2.16. The summed E-state index contributed by atoms with van der Waals surface area (Å²) in [6.45, 7) is 1.78. The van der Waals surface area contributed by atoms with Crippen molar-refractivity contribution in [3.63, 3.8) is 0 Å². The number of aromatic nitrogens is 1. The predicted octanol–water partition coefficient (Wildman–Crippen LogP) is 4.14. The van der Waals surface area contributed by atoms with Crippen LogP contribution in [0, 0.1) is 0 Å². The summed E-state index contributed by atoms with van der Waals surface area (Å²) in [6.07, 6.45) is 0. The van der Waals surface area contributed by atoms with E-state index in [2.05, 4.69) is 4.98 Å². The number of pyridine rings is 1. The fraction of sp³-hybridized carbons (Fsp3) is 0.217. The highest BCUT2D eigenvalue weighted by Crippen LogP contribution is 2.44. The van der Waals surface area contributed by atoms with Gasteiger partial charge in [-0.15, -0.1) is 0 Å². The molecule has 0 saturated carbocycles. The summed E-state index contributed by atoms with van der Waals surface area (Å²) in [5, 5.41) is 0.714. The summed E-state index contributed by atoms with van der Waals surface area (Å²) in [4.78, 5) is 28.7. The molecule has 2 aromatic carbocycles. The highest BCUT2D eigenvalue weighted by Gasteiger charge is 2.28. The third-order valence-corrected chi connectivity index (χ3v) is 4.99. The summed E-state index contributed by atoms with van der Waals surface area (Å²) in [5.74, 6) is 0.442. The Bertz CT molecular complexity index is 1350. The number of hydrogen-bond acceptors (Lipinski definition) is 7. The highest BCUT2D eigenvalue weighted by atomic mass is 16.5. The van der Waals surface area contributed by atoms with Crippen molar-refractivity contribution in [3.05, 3.63) is 52.3 Å². The maximum atomic E-state index is 13.1. The average molecular weight is 423 g/mol. The first-order chi connectivity index (χ1) is 15.0. The minimum atomic E-state index is -0.766. The predicted molar refractivity (Wildman–Crippen MR) is 115 cm³/mol. The summed E-state index contributed by atoms with van der Waals surface area (Å²) in [7, 11) is 4.48. The number of aromatic amines is 1. The first-order valence-corrected chi connectivity index (χ1v) is 9.59. The monoisotopic (exact) mass is 423 g/mol. The Labute approximate surface area is 177 Å². The van der Waals surface area contributed by atoms with Crippen LogP contribution in [0.2, 0.25) is 0 Å². The van der Waals surface area contributed by atoms with Crippen LogP contribution in [0.15, 0.2) is 45.6 Å². The van der Waals surface area contributed by atoms with E-state index < -0.39 is 11.5 Å². The maximum absolute atomic E-state index is 13.1. The molecule has 1 N–H and O–H groups in total. The van der Waals surface area contributed by atoms with Crippen molar-refractivity contribution < 1.29 is 28.2 Å².